The smallest absolute Gasteiger partial charge is 0.223 e. The highest BCUT2D eigenvalue weighted by molar-refractivity contribution is 5.30. The summed E-state index contributed by atoms with van der Waals surface area (Å²) in [7, 11) is 0. The average molecular weight is 332 g/mol. The molecule has 1 aliphatic carbocycles. The van der Waals surface area contributed by atoms with Crippen LogP contribution in [0.15, 0.2) is 12.3 Å². The van der Waals surface area contributed by atoms with Crippen molar-refractivity contribution >= 4 is 5.95 Å². The first-order valence-corrected chi connectivity index (χ1v) is 9.07. The molecule has 6 heteroatoms. The molecule has 1 aromatic rings. The predicted molar refractivity (Wildman–Crippen MR) is 92.1 cm³/mol. The third-order valence-electron chi connectivity index (χ3n) is 5.16. The van der Waals surface area contributed by atoms with Crippen molar-refractivity contribution in [2.75, 3.05) is 25.1 Å². The highest BCUT2D eigenvalue weighted by Crippen LogP contribution is 2.31. The van der Waals surface area contributed by atoms with E-state index in [-0.39, 0.29) is 23.7 Å². The van der Waals surface area contributed by atoms with Crippen molar-refractivity contribution in [3.05, 3.63) is 18.0 Å². The van der Waals surface area contributed by atoms with Gasteiger partial charge in [-0.2, -0.15) is 0 Å². The lowest BCUT2D eigenvalue weighted by atomic mass is 9.92. The first-order valence-electron chi connectivity index (χ1n) is 9.07. The van der Waals surface area contributed by atoms with Crippen LogP contribution in [0.5, 0.6) is 0 Å². The Morgan fingerprint density at radius 3 is 2.54 bits per heavy atom. The van der Waals surface area contributed by atoms with Gasteiger partial charge in [0.15, 0.2) is 0 Å². The van der Waals surface area contributed by atoms with Crippen LogP contribution in [0, 0.1) is 5.92 Å². The molecule has 1 aromatic heterocycles. The molecule has 3 heterocycles. The summed E-state index contributed by atoms with van der Waals surface area (Å²) < 4.78 is 12.0. The van der Waals surface area contributed by atoms with Crippen LogP contribution < -0.4 is 10.6 Å². The normalized spacial score (nSPS) is 32.8. The Balaban J connectivity index is 1.38. The Hall–Kier alpha value is -1.24. The molecule has 6 nitrogen and oxygen atoms in total. The van der Waals surface area contributed by atoms with Gasteiger partial charge in [0.05, 0.1) is 31.0 Å². The van der Waals surface area contributed by atoms with E-state index >= 15 is 0 Å². The molecule has 4 rings (SSSR count). The molecule has 0 radical (unpaired) electrons. The Bertz CT molecular complexity index is 585. The maximum Gasteiger partial charge on any atom is 0.223 e. The molecule has 132 valence electrons. The van der Waals surface area contributed by atoms with Gasteiger partial charge in [-0.15, -0.1) is 0 Å². The highest BCUT2D eigenvalue weighted by Gasteiger charge is 2.48. The van der Waals surface area contributed by atoms with Crippen LogP contribution in [-0.2, 0) is 14.9 Å². The molecule has 2 aliphatic heterocycles. The fourth-order valence-corrected chi connectivity index (χ4v) is 3.45. The van der Waals surface area contributed by atoms with Crippen LogP contribution >= 0.6 is 0 Å². The zero-order chi connectivity index (χ0) is 16.7. The summed E-state index contributed by atoms with van der Waals surface area (Å²) in [5.74, 6) is 1.53. The summed E-state index contributed by atoms with van der Waals surface area (Å²) >= 11 is 0. The lowest BCUT2D eigenvalue weighted by Gasteiger charge is -2.21. The molecule has 0 spiro atoms. The standard InChI is InChI=1S/C18H28N4O2/c1-18(2,3)14-6-7-19-17(22-14)21-13-10-24-15-12(9-23-16(13)15)20-8-11-4-5-11/h6-7,11-13,15-16,20H,4-5,8-10H2,1-3H3,(H,19,21,22)/t12-,13-,15+,16+/m0/s1. The minimum atomic E-state index is 0.00969. The van der Waals surface area contributed by atoms with Crippen LogP contribution in [0.2, 0.25) is 0 Å². The summed E-state index contributed by atoms with van der Waals surface area (Å²) in [6, 6.07) is 2.39. The Kier molecular flexibility index (Phi) is 4.22. The van der Waals surface area contributed by atoms with Gasteiger partial charge in [0, 0.05) is 11.6 Å². The number of nitrogens with one attached hydrogen (secondary N) is 2. The fraction of sp³-hybridized carbons (Fsp3) is 0.778. The quantitative estimate of drug-likeness (QED) is 0.856. The lowest BCUT2D eigenvalue weighted by Crippen LogP contribution is -2.42. The number of nitrogens with zero attached hydrogens (tertiary/aromatic N) is 2. The van der Waals surface area contributed by atoms with Gasteiger partial charge in [-0.05, 0) is 31.4 Å². The lowest BCUT2D eigenvalue weighted by molar-refractivity contribution is 0.0675. The number of aromatic nitrogens is 2. The van der Waals surface area contributed by atoms with Gasteiger partial charge in [0.1, 0.15) is 12.2 Å². The number of hydrogen-bond donors (Lipinski definition) is 2. The second-order valence-corrected chi connectivity index (χ2v) is 8.32. The molecular formula is C18H28N4O2. The number of anilines is 1. The fourth-order valence-electron chi connectivity index (χ4n) is 3.45. The van der Waals surface area contributed by atoms with Crippen molar-refractivity contribution in [1.82, 2.24) is 15.3 Å². The van der Waals surface area contributed by atoms with E-state index < -0.39 is 0 Å². The Labute approximate surface area is 143 Å². The summed E-state index contributed by atoms with van der Waals surface area (Å²) in [4.78, 5) is 9.03. The SMILES string of the molecule is CC(C)(C)c1ccnc(N[C@H]2CO[C@H]3[C@@H]2OC[C@@H]3NCC2CC2)n1. The summed E-state index contributed by atoms with van der Waals surface area (Å²) in [5.41, 5.74) is 1.04. The van der Waals surface area contributed by atoms with Gasteiger partial charge in [-0.25, -0.2) is 9.97 Å². The van der Waals surface area contributed by atoms with E-state index in [9.17, 15) is 0 Å². The first-order chi connectivity index (χ1) is 11.5. The van der Waals surface area contributed by atoms with E-state index in [4.69, 9.17) is 9.47 Å². The molecule has 0 bridgehead atoms. The Morgan fingerprint density at radius 1 is 1.12 bits per heavy atom. The molecule has 0 unspecified atom stereocenters. The van der Waals surface area contributed by atoms with Crippen molar-refractivity contribution in [2.24, 2.45) is 5.92 Å². The number of fused-ring (bicyclic) bond motifs is 1. The topological polar surface area (TPSA) is 68.3 Å². The van der Waals surface area contributed by atoms with Gasteiger partial charge in [0.25, 0.3) is 0 Å². The van der Waals surface area contributed by atoms with Gasteiger partial charge < -0.3 is 20.1 Å². The average Bonchev–Trinajstić information content (AvgIpc) is 3.16. The molecular weight excluding hydrogens is 304 g/mol. The molecule has 3 fully saturated rings. The minimum absolute atomic E-state index is 0.00969. The number of ether oxygens (including phenoxy) is 2. The summed E-state index contributed by atoms with van der Waals surface area (Å²) in [5, 5.41) is 7.04. The van der Waals surface area contributed by atoms with Crippen molar-refractivity contribution < 1.29 is 9.47 Å². The van der Waals surface area contributed by atoms with E-state index in [1.807, 2.05) is 12.3 Å². The second-order valence-electron chi connectivity index (χ2n) is 8.32. The maximum absolute atomic E-state index is 6.02. The van der Waals surface area contributed by atoms with E-state index in [0.717, 1.165) is 24.8 Å². The van der Waals surface area contributed by atoms with Crippen LogP contribution in [0.25, 0.3) is 0 Å². The summed E-state index contributed by atoms with van der Waals surface area (Å²) in [6.45, 7) is 8.93. The molecule has 1 saturated carbocycles. The van der Waals surface area contributed by atoms with E-state index in [1.54, 1.807) is 0 Å². The van der Waals surface area contributed by atoms with Crippen molar-refractivity contribution in [1.29, 1.82) is 0 Å². The minimum Gasteiger partial charge on any atom is -0.371 e. The molecule has 2 N–H and O–H groups in total. The maximum atomic E-state index is 6.02. The molecule has 0 amide bonds. The van der Waals surface area contributed by atoms with Crippen molar-refractivity contribution in [3.63, 3.8) is 0 Å². The first kappa shape index (κ1) is 16.2. The second kappa shape index (κ2) is 6.24. The van der Waals surface area contributed by atoms with Gasteiger partial charge >= 0.3 is 0 Å². The molecule has 2 saturated heterocycles. The van der Waals surface area contributed by atoms with Crippen LogP contribution in [0.4, 0.5) is 5.95 Å². The molecule has 0 aromatic carbocycles. The predicted octanol–water partition coefficient (Wildman–Crippen LogP) is 1.72. The highest BCUT2D eigenvalue weighted by atomic mass is 16.6. The number of rotatable bonds is 5. The zero-order valence-electron chi connectivity index (χ0n) is 14.8. The number of hydrogen-bond acceptors (Lipinski definition) is 6. The van der Waals surface area contributed by atoms with Crippen LogP contribution in [0.3, 0.4) is 0 Å². The molecule has 3 aliphatic rings. The monoisotopic (exact) mass is 332 g/mol. The zero-order valence-corrected chi connectivity index (χ0v) is 14.8. The van der Waals surface area contributed by atoms with E-state index in [0.29, 0.717) is 18.6 Å². The van der Waals surface area contributed by atoms with Crippen molar-refractivity contribution in [3.8, 4) is 0 Å². The summed E-state index contributed by atoms with van der Waals surface area (Å²) in [6.07, 6.45) is 4.75. The van der Waals surface area contributed by atoms with Gasteiger partial charge in [-0.1, -0.05) is 20.8 Å². The Morgan fingerprint density at radius 2 is 1.83 bits per heavy atom. The van der Waals surface area contributed by atoms with Gasteiger partial charge in [0.2, 0.25) is 5.95 Å². The largest absolute Gasteiger partial charge is 0.371 e. The third-order valence-corrected chi connectivity index (χ3v) is 5.16. The van der Waals surface area contributed by atoms with Crippen LogP contribution in [-0.4, -0.2) is 54.0 Å². The molecule has 24 heavy (non-hydrogen) atoms. The third kappa shape index (κ3) is 3.41. The van der Waals surface area contributed by atoms with E-state index in [1.165, 1.54) is 12.8 Å². The van der Waals surface area contributed by atoms with Crippen molar-refractivity contribution in [2.45, 2.75) is 63.3 Å². The van der Waals surface area contributed by atoms with Crippen LogP contribution in [0.1, 0.15) is 39.3 Å². The molecule has 4 atom stereocenters. The van der Waals surface area contributed by atoms with Gasteiger partial charge in [-0.3, -0.25) is 0 Å². The van der Waals surface area contributed by atoms with E-state index in [2.05, 4.69) is 41.4 Å².